The molecular weight excluding hydrogens is 422 g/mol. The summed E-state index contributed by atoms with van der Waals surface area (Å²) in [6.07, 6.45) is 0.303. The number of nitrogens with one attached hydrogen (secondary N) is 1. The number of benzene rings is 4. The van der Waals surface area contributed by atoms with Crippen molar-refractivity contribution in [2.24, 2.45) is 5.73 Å². The summed E-state index contributed by atoms with van der Waals surface area (Å²) in [6, 6.07) is 32.1. The van der Waals surface area contributed by atoms with Gasteiger partial charge in [0.15, 0.2) is 0 Å². The van der Waals surface area contributed by atoms with Crippen molar-refractivity contribution >= 4 is 33.6 Å². The van der Waals surface area contributed by atoms with Crippen LogP contribution >= 0.6 is 0 Å². The molecule has 3 N–H and O–H groups in total. The van der Waals surface area contributed by atoms with Gasteiger partial charge in [-0.2, -0.15) is 0 Å². The fraction of sp³-hybridized carbons (Fsp3) is 0.0690. The molecule has 1 atom stereocenters. The van der Waals surface area contributed by atoms with E-state index in [0.717, 1.165) is 38.5 Å². The molecule has 166 valence electrons. The molecule has 5 heteroatoms. The van der Waals surface area contributed by atoms with E-state index in [4.69, 9.17) is 5.73 Å². The van der Waals surface area contributed by atoms with E-state index >= 15 is 0 Å². The summed E-state index contributed by atoms with van der Waals surface area (Å²) in [5.74, 6) is -0.928. The molecule has 0 saturated heterocycles. The minimum Gasteiger partial charge on any atom is -0.368 e. The zero-order chi connectivity index (χ0) is 23.5. The summed E-state index contributed by atoms with van der Waals surface area (Å²) in [5.41, 5.74) is 10.7. The number of carbonyl (C=O) groups excluding carboxylic acids is 2. The van der Waals surface area contributed by atoms with Crippen molar-refractivity contribution in [1.29, 1.82) is 0 Å². The third-order valence-electron chi connectivity index (χ3n) is 5.96. The van der Waals surface area contributed by atoms with Gasteiger partial charge in [0.05, 0.1) is 16.6 Å². The van der Waals surface area contributed by atoms with Gasteiger partial charge in [0.25, 0.3) is 5.91 Å². The average Bonchev–Trinajstić information content (AvgIpc) is 2.87. The van der Waals surface area contributed by atoms with Gasteiger partial charge in [-0.05, 0) is 28.8 Å². The molecule has 0 aliphatic carbocycles. The van der Waals surface area contributed by atoms with Crippen molar-refractivity contribution in [3.8, 4) is 11.1 Å². The Morgan fingerprint density at radius 2 is 1.24 bits per heavy atom. The fourth-order valence-electron chi connectivity index (χ4n) is 4.24. The molecule has 0 unspecified atom stereocenters. The predicted molar refractivity (Wildman–Crippen MR) is 135 cm³/mol. The van der Waals surface area contributed by atoms with Gasteiger partial charge in [0.2, 0.25) is 5.91 Å². The molecule has 0 spiro atoms. The van der Waals surface area contributed by atoms with Crippen molar-refractivity contribution in [3.05, 3.63) is 114 Å². The summed E-state index contributed by atoms with van der Waals surface area (Å²) in [4.78, 5) is 30.4. The van der Waals surface area contributed by atoms with Gasteiger partial charge in [-0.3, -0.25) is 9.59 Å². The molecule has 0 saturated carbocycles. The number of primary amides is 1. The van der Waals surface area contributed by atoms with Crippen LogP contribution in [0.3, 0.4) is 0 Å². The lowest BCUT2D eigenvalue weighted by atomic mass is 9.99. The van der Waals surface area contributed by atoms with Crippen LogP contribution in [0.15, 0.2) is 103 Å². The lowest BCUT2D eigenvalue weighted by Gasteiger charge is -2.18. The number of nitrogens with two attached hydrogens (primary N) is 1. The second kappa shape index (κ2) is 9.16. The number of fused-ring (bicyclic) bond motifs is 2. The van der Waals surface area contributed by atoms with Crippen LogP contribution in [0.4, 0.5) is 0 Å². The lowest BCUT2D eigenvalue weighted by Crippen LogP contribution is -2.46. The molecule has 5 rings (SSSR count). The maximum atomic E-state index is 13.5. The first-order chi connectivity index (χ1) is 16.6. The minimum absolute atomic E-state index is 0.303. The lowest BCUT2D eigenvalue weighted by molar-refractivity contribution is -0.119. The van der Waals surface area contributed by atoms with Gasteiger partial charge in [-0.1, -0.05) is 91.0 Å². The molecular formula is C29H23N3O2. The van der Waals surface area contributed by atoms with E-state index in [1.54, 1.807) is 0 Å². The zero-order valence-electron chi connectivity index (χ0n) is 18.4. The highest BCUT2D eigenvalue weighted by Gasteiger charge is 2.22. The number of carbonyl (C=O) groups is 2. The van der Waals surface area contributed by atoms with Gasteiger partial charge in [-0.15, -0.1) is 0 Å². The highest BCUT2D eigenvalue weighted by atomic mass is 16.2. The highest BCUT2D eigenvalue weighted by molar-refractivity contribution is 6.16. The van der Waals surface area contributed by atoms with Crippen LogP contribution < -0.4 is 11.1 Å². The van der Waals surface area contributed by atoms with Gasteiger partial charge in [0.1, 0.15) is 6.04 Å². The molecule has 2 amide bonds. The first kappa shape index (κ1) is 21.3. The van der Waals surface area contributed by atoms with Crippen molar-refractivity contribution in [2.75, 3.05) is 0 Å². The molecule has 1 heterocycles. The molecule has 4 aromatic carbocycles. The summed E-state index contributed by atoms with van der Waals surface area (Å²) >= 11 is 0. The largest absolute Gasteiger partial charge is 0.368 e. The van der Waals surface area contributed by atoms with E-state index < -0.39 is 11.9 Å². The Hall–Kier alpha value is -4.51. The first-order valence-corrected chi connectivity index (χ1v) is 11.1. The molecule has 0 aliphatic heterocycles. The normalized spacial score (nSPS) is 11.9. The summed E-state index contributed by atoms with van der Waals surface area (Å²) in [6.45, 7) is 0. The van der Waals surface area contributed by atoms with Crippen LogP contribution in [-0.4, -0.2) is 22.8 Å². The Kier molecular flexibility index (Phi) is 5.75. The molecule has 5 aromatic rings. The van der Waals surface area contributed by atoms with E-state index in [1.807, 2.05) is 103 Å². The fourth-order valence-corrected chi connectivity index (χ4v) is 4.24. The molecule has 1 aromatic heterocycles. The van der Waals surface area contributed by atoms with E-state index in [0.29, 0.717) is 12.0 Å². The Labute approximate surface area is 197 Å². The SMILES string of the molecule is NC(=O)[C@H](Cc1ccc(-c2ccccc2)cc1)NC(=O)c1c2ccccc2nc2ccccc12. The smallest absolute Gasteiger partial charge is 0.253 e. The molecule has 0 aliphatic rings. The molecule has 0 fully saturated rings. The monoisotopic (exact) mass is 445 g/mol. The molecule has 5 nitrogen and oxygen atoms in total. The maximum absolute atomic E-state index is 13.5. The highest BCUT2D eigenvalue weighted by Crippen LogP contribution is 2.26. The maximum Gasteiger partial charge on any atom is 0.253 e. The Morgan fingerprint density at radius 1 is 0.706 bits per heavy atom. The Morgan fingerprint density at radius 3 is 1.82 bits per heavy atom. The van der Waals surface area contributed by atoms with Gasteiger partial charge in [-0.25, -0.2) is 4.98 Å². The number of para-hydroxylation sites is 2. The van der Waals surface area contributed by atoms with Crippen molar-refractivity contribution in [3.63, 3.8) is 0 Å². The summed E-state index contributed by atoms with van der Waals surface area (Å²) in [7, 11) is 0. The number of aromatic nitrogens is 1. The second-order valence-electron chi connectivity index (χ2n) is 8.22. The quantitative estimate of drug-likeness (QED) is 0.365. The molecule has 0 bridgehead atoms. The predicted octanol–water partition coefficient (Wildman–Crippen LogP) is 4.88. The van der Waals surface area contributed by atoms with Gasteiger partial charge < -0.3 is 11.1 Å². The first-order valence-electron chi connectivity index (χ1n) is 11.1. The summed E-state index contributed by atoms with van der Waals surface area (Å²) in [5, 5.41) is 4.33. The van der Waals surface area contributed by atoms with E-state index in [2.05, 4.69) is 10.3 Å². The van der Waals surface area contributed by atoms with E-state index in [-0.39, 0.29) is 5.91 Å². The van der Waals surface area contributed by atoms with Crippen molar-refractivity contribution in [2.45, 2.75) is 12.5 Å². The topological polar surface area (TPSA) is 85.1 Å². The Bertz CT molecular complexity index is 1440. The third kappa shape index (κ3) is 4.24. The zero-order valence-corrected chi connectivity index (χ0v) is 18.4. The number of rotatable bonds is 6. The number of amides is 2. The van der Waals surface area contributed by atoms with E-state index in [1.165, 1.54) is 0 Å². The van der Waals surface area contributed by atoms with Crippen LogP contribution in [0.1, 0.15) is 15.9 Å². The second-order valence-corrected chi connectivity index (χ2v) is 8.22. The van der Waals surface area contributed by atoms with Gasteiger partial charge >= 0.3 is 0 Å². The van der Waals surface area contributed by atoms with Crippen LogP contribution in [0.2, 0.25) is 0 Å². The number of hydrogen-bond donors (Lipinski definition) is 2. The van der Waals surface area contributed by atoms with E-state index in [9.17, 15) is 9.59 Å². The third-order valence-corrected chi connectivity index (χ3v) is 5.96. The van der Waals surface area contributed by atoms with Crippen molar-refractivity contribution in [1.82, 2.24) is 10.3 Å². The van der Waals surface area contributed by atoms with Crippen LogP contribution in [0.5, 0.6) is 0 Å². The van der Waals surface area contributed by atoms with Crippen LogP contribution in [-0.2, 0) is 11.2 Å². The summed E-state index contributed by atoms with van der Waals surface area (Å²) < 4.78 is 0. The number of nitrogens with zero attached hydrogens (tertiary/aromatic N) is 1. The standard InChI is InChI=1S/C29H23N3O2/c30-28(33)26(18-19-14-16-21(17-15-19)20-8-2-1-3-9-20)32-29(34)27-22-10-4-6-12-24(22)31-25-13-7-5-11-23(25)27/h1-17,26H,18H2,(H2,30,33)(H,32,34)/t26-/m0/s1. The van der Waals surface area contributed by atoms with Crippen LogP contribution in [0, 0.1) is 0 Å². The average molecular weight is 446 g/mol. The number of hydrogen-bond acceptors (Lipinski definition) is 3. The van der Waals surface area contributed by atoms with Crippen molar-refractivity contribution < 1.29 is 9.59 Å². The van der Waals surface area contributed by atoms with Crippen LogP contribution in [0.25, 0.3) is 32.9 Å². The number of pyridine rings is 1. The molecule has 34 heavy (non-hydrogen) atoms. The Balaban J connectivity index is 1.44. The molecule has 0 radical (unpaired) electrons. The van der Waals surface area contributed by atoms with Gasteiger partial charge in [0, 0.05) is 17.2 Å². The minimum atomic E-state index is -0.847.